The molecule has 6 heteroatoms. The number of carbonyl (C=O) groups excluding carboxylic acids is 1. The number of nitrogens with two attached hydrogens (primary N) is 1. The molecule has 188 valence electrons. The van der Waals surface area contributed by atoms with Crippen LogP contribution in [0.1, 0.15) is 70.5 Å². The van der Waals surface area contributed by atoms with Crippen LogP contribution in [-0.4, -0.2) is 36.3 Å². The Bertz CT molecular complexity index is 1120. The van der Waals surface area contributed by atoms with Crippen LogP contribution in [0, 0.1) is 11.8 Å². The molecule has 2 fully saturated rings. The van der Waals surface area contributed by atoms with Gasteiger partial charge in [-0.3, -0.25) is 4.79 Å². The fourth-order valence-electron chi connectivity index (χ4n) is 5.42. The summed E-state index contributed by atoms with van der Waals surface area (Å²) in [6.45, 7) is 6.58. The molecule has 35 heavy (non-hydrogen) atoms. The Balaban J connectivity index is 1.36. The fraction of sp³-hybridized carbons (Fsp3) is 0.552. The van der Waals surface area contributed by atoms with E-state index < -0.39 is 0 Å². The summed E-state index contributed by atoms with van der Waals surface area (Å²) in [4.78, 5) is 12.2. The summed E-state index contributed by atoms with van der Waals surface area (Å²) in [6.07, 6.45) is 13.6. The van der Waals surface area contributed by atoms with E-state index in [0.717, 1.165) is 66.1 Å². The highest BCUT2D eigenvalue weighted by molar-refractivity contribution is 6.01. The first kappa shape index (κ1) is 24.0. The number of rotatable bonds is 9. The monoisotopic (exact) mass is 477 g/mol. The smallest absolute Gasteiger partial charge is 0.220 e. The number of fused-ring (bicyclic) bond motifs is 1. The molecule has 5 rings (SSSR count). The van der Waals surface area contributed by atoms with Crippen LogP contribution in [0.5, 0.6) is 5.75 Å². The van der Waals surface area contributed by atoms with Crippen LogP contribution in [0.3, 0.4) is 0 Å². The lowest BCUT2D eigenvalue weighted by atomic mass is 9.91. The van der Waals surface area contributed by atoms with Crippen molar-refractivity contribution < 1.29 is 14.3 Å². The highest BCUT2D eigenvalue weighted by atomic mass is 16.5. The summed E-state index contributed by atoms with van der Waals surface area (Å²) >= 11 is 0. The van der Waals surface area contributed by atoms with Crippen molar-refractivity contribution in [3.05, 3.63) is 42.1 Å². The molecule has 1 saturated heterocycles. The van der Waals surface area contributed by atoms with Gasteiger partial charge >= 0.3 is 0 Å². The van der Waals surface area contributed by atoms with E-state index in [4.69, 9.17) is 15.2 Å². The number of hydrogen-bond donors (Lipinski definition) is 2. The van der Waals surface area contributed by atoms with E-state index in [-0.39, 0.29) is 11.9 Å². The van der Waals surface area contributed by atoms with Gasteiger partial charge in [0.05, 0.1) is 29.5 Å². The molecule has 0 radical (unpaired) electrons. The quantitative estimate of drug-likeness (QED) is 0.491. The van der Waals surface area contributed by atoms with Crippen LogP contribution in [0.25, 0.3) is 16.5 Å². The first-order chi connectivity index (χ1) is 17.0. The number of benzene rings is 1. The molecule has 1 aliphatic heterocycles. The number of carbonyl (C=O) groups is 1. The second-order valence-electron chi connectivity index (χ2n) is 10.8. The number of ether oxygens (including phenoxy) is 2. The number of nitrogens with zero attached hydrogens (tertiary/aromatic N) is 1. The number of allylic oxidation sites excluding steroid dienone is 2. The Morgan fingerprint density at radius 1 is 1.29 bits per heavy atom. The van der Waals surface area contributed by atoms with Gasteiger partial charge in [-0.05, 0) is 68.1 Å². The van der Waals surface area contributed by atoms with E-state index in [1.54, 1.807) is 0 Å². The highest BCUT2D eigenvalue weighted by Gasteiger charge is 2.28. The van der Waals surface area contributed by atoms with Crippen molar-refractivity contribution in [3.8, 4) is 5.75 Å². The van der Waals surface area contributed by atoms with Crippen LogP contribution < -0.4 is 15.8 Å². The van der Waals surface area contributed by atoms with Crippen LogP contribution in [0.2, 0.25) is 0 Å². The first-order valence-electron chi connectivity index (χ1n) is 13.3. The molecule has 2 aromatic rings. The minimum Gasteiger partial charge on any atom is -0.494 e. The van der Waals surface area contributed by atoms with E-state index in [1.165, 1.54) is 19.3 Å². The fourth-order valence-corrected chi connectivity index (χ4v) is 5.42. The molecule has 3 N–H and O–H groups in total. The number of hydrogen-bond acceptors (Lipinski definition) is 4. The lowest BCUT2D eigenvalue weighted by molar-refractivity contribution is -0.122. The Kier molecular flexibility index (Phi) is 7.19. The van der Waals surface area contributed by atoms with Gasteiger partial charge < -0.3 is 25.1 Å². The maximum Gasteiger partial charge on any atom is 0.220 e. The number of anilines is 1. The second kappa shape index (κ2) is 10.5. The molecule has 2 atom stereocenters. The van der Waals surface area contributed by atoms with Gasteiger partial charge in [0.15, 0.2) is 0 Å². The third-order valence-corrected chi connectivity index (χ3v) is 7.59. The van der Waals surface area contributed by atoms with E-state index in [0.29, 0.717) is 30.9 Å². The third-order valence-electron chi connectivity index (χ3n) is 7.59. The molecule has 1 saturated carbocycles. The molecule has 1 amide bonds. The summed E-state index contributed by atoms with van der Waals surface area (Å²) in [5.41, 5.74) is 11.0. The molecule has 1 aromatic carbocycles. The van der Waals surface area contributed by atoms with Gasteiger partial charge in [0.25, 0.3) is 0 Å². The van der Waals surface area contributed by atoms with E-state index >= 15 is 0 Å². The standard InChI is InChI=1S/C29H39N3O3/c1-19(2)16-27(33)31-22-8-6-21(7-9-22)29-28(30)25-11-10-24(35-15-13-20-12-14-34-18-20)17-26(25)32(29)23-4-3-5-23/h6-8,10-11,17,19-20,22-23H,3-5,9,12-16,18,30H2,1-2H3,(H,31,33). The molecule has 3 aliphatic rings. The van der Waals surface area contributed by atoms with Gasteiger partial charge in [-0.25, -0.2) is 0 Å². The SMILES string of the molecule is CC(C)CC(=O)NC1C=CC(c2c(N)c3ccc(OCCC4CCOC4)cc3n2C2CCC2)=CC1. The average molecular weight is 478 g/mol. The van der Waals surface area contributed by atoms with E-state index in [9.17, 15) is 4.79 Å². The lowest BCUT2D eigenvalue weighted by Crippen LogP contribution is -2.34. The Morgan fingerprint density at radius 3 is 2.80 bits per heavy atom. The van der Waals surface area contributed by atoms with Crippen LogP contribution >= 0.6 is 0 Å². The van der Waals surface area contributed by atoms with Crippen molar-refractivity contribution >= 4 is 28.1 Å². The summed E-state index contributed by atoms with van der Waals surface area (Å²) in [6, 6.07) is 6.83. The number of nitrogen functional groups attached to an aromatic ring is 1. The van der Waals surface area contributed by atoms with Crippen molar-refractivity contribution in [1.29, 1.82) is 0 Å². The maximum atomic E-state index is 12.2. The van der Waals surface area contributed by atoms with Crippen molar-refractivity contribution in [2.45, 2.75) is 70.9 Å². The third kappa shape index (κ3) is 5.27. The molecule has 6 nitrogen and oxygen atoms in total. The summed E-state index contributed by atoms with van der Waals surface area (Å²) < 4.78 is 14.1. The molecule has 1 aromatic heterocycles. The average Bonchev–Trinajstić information content (AvgIpc) is 3.40. The highest BCUT2D eigenvalue weighted by Crippen LogP contribution is 2.44. The predicted molar refractivity (Wildman–Crippen MR) is 141 cm³/mol. The number of amides is 1. The van der Waals surface area contributed by atoms with Gasteiger partial charge in [-0.2, -0.15) is 0 Å². The molecule has 2 unspecified atom stereocenters. The van der Waals surface area contributed by atoms with E-state index in [2.05, 4.69) is 54.1 Å². The van der Waals surface area contributed by atoms with E-state index in [1.807, 2.05) is 6.07 Å². The maximum absolute atomic E-state index is 12.2. The zero-order valence-corrected chi connectivity index (χ0v) is 21.1. The molecule has 2 aliphatic carbocycles. The Labute approximate surface area is 208 Å². The van der Waals surface area contributed by atoms with Gasteiger partial charge in [-0.15, -0.1) is 0 Å². The van der Waals surface area contributed by atoms with Crippen LogP contribution in [0.4, 0.5) is 5.69 Å². The van der Waals surface area contributed by atoms with Crippen molar-refractivity contribution in [2.24, 2.45) is 11.8 Å². The molecule has 0 bridgehead atoms. The molecular weight excluding hydrogens is 438 g/mol. The van der Waals surface area contributed by atoms with Crippen molar-refractivity contribution in [1.82, 2.24) is 9.88 Å². The predicted octanol–water partition coefficient (Wildman–Crippen LogP) is 5.63. The topological polar surface area (TPSA) is 78.5 Å². The normalized spacial score (nSPS) is 22.4. The second-order valence-corrected chi connectivity index (χ2v) is 10.8. The summed E-state index contributed by atoms with van der Waals surface area (Å²) in [5, 5.41) is 4.23. The van der Waals surface area contributed by atoms with Gasteiger partial charge in [0.2, 0.25) is 5.91 Å². The zero-order chi connectivity index (χ0) is 24.4. The van der Waals surface area contributed by atoms with Crippen molar-refractivity contribution in [2.75, 3.05) is 25.6 Å². The van der Waals surface area contributed by atoms with Gasteiger partial charge in [0.1, 0.15) is 5.75 Å². The summed E-state index contributed by atoms with van der Waals surface area (Å²) in [5.74, 6) is 1.99. The minimum atomic E-state index is 0.0398. The van der Waals surface area contributed by atoms with Gasteiger partial charge in [-0.1, -0.05) is 32.1 Å². The van der Waals surface area contributed by atoms with Gasteiger partial charge in [0, 0.05) is 37.1 Å². The Morgan fingerprint density at radius 2 is 2.14 bits per heavy atom. The lowest BCUT2D eigenvalue weighted by Gasteiger charge is -2.31. The van der Waals surface area contributed by atoms with Crippen molar-refractivity contribution in [3.63, 3.8) is 0 Å². The first-order valence-corrected chi connectivity index (χ1v) is 13.3. The minimum absolute atomic E-state index is 0.0398. The molecule has 0 spiro atoms. The Hall–Kier alpha value is -2.73. The van der Waals surface area contributed by atoms with Crippen LogP contribution in [-0.2, 0) is 9.53 Å². The number of aromatic nitrogens is 1. The zero-order valence-electron chi connectivity index (χ0n) is 21.1. The number of nitrogens with one attached hydrogen (secondary N) is 1. The molecule has 2 heterocycles. The molecular formula is C29H39N3O3. The van der Waals surface area contributed by atoms with Crippen LogP contribution in [0.15, 0.2) is 36.4 Å². The summed E-state index contributed by atoms with van der Waals surface area (Å²) in [7, 11) is 0. The largest absolute Gasteiger partial charge is 0.494 e.